The van der Waals surface area contributed by atoms with Gasteiger partial charge in [-0.1, -0.05) is 48.5 Å². The number of carboxylic acids is 1. The number of hydrogen-bond acceptors (Lipinski definition) is 4. The molecule has 5 rings (SSSR count). The van der Waals surface area contributed by atoms with Crippen molar-refractivity contribution in [1.29, 1.82) is 0 Å². The number of aromatic nitrogens is 1. The molecule has 4 nitrogen and oxygen atoms in total. The lowest BCUT2D eigenvalue weighted by molar-refractivity contribution is -0.137. The van der Waals surface area contributed by atoms with Gasteiger partial charge in [0.25, 0.3) is 0 Å². The number of nitrogens with one attached hydrogen (secondary N) is 1. The second-order valence-corrected chi connectivity index (χ2v) is 11.0. The van der Waals surface area contributed by atoms with Gasteiger partial charge in [-0.15, -0.1) is 11.3 Å². The van der Waals surface area contributed by atoms with Crippen LogP contribution in [0.5, 0.6) is 0 Å². The van der Waals surface area contributed by atoms with E-state index in [0.717, 1.165) is 54.9 Å². The maximum absolute atomic E-state index is 13.8. The molecule has 0 unspecified atom stereocenters. The fourth-order valence-electron chi connectivity index (χ4n) is 4.94. The zero-order chi connectivity index (χ0) is 28.4. The van der Waals surface area contributed by atoms with E-state index < -0.39 is 17.7 Å². The maximum Gasteiger partial charge on any atom is 0.418 e. The molecule has 0 radical (unpaired) electrons. The summed E-state index contributed by atoms with van der Waals surface area (Å²) in [6.45, 7) is 4.35. The van der Waals surface area contributed by atoms with Crippen LogP contribution in [-0.2, 0) is 30.4 Å². The molecule has 0 bridgehead atoms. The average Bonchev–Trinajstić information content (AvgIpc) is 3.37. The molecule has 3 aromatic carbocycles. The van der Waals surface area contributed by atoms with Crippen LogP contribution in [0, 0.1) is 13.8 Å². The average molecular weight is 561 g/mol. The number of aliphatic carboxylic acids is 1. The van der Waals surface area contributed by atoms with E-state index >= 15 is 0 Å². The summed E-state index contributed by atoms with van der Waals surface area (Å²) in [6.07, 6.45) is -2.42. The number of rotatable bonds is 8. The number of carbonyl (C=O) groups is 1. The molecule has 0 aliphatic rings. The monoisotopic (exact) mass is 560 g/mol. The Hall–Kier alpha value is -4.17. The summed E-state index contributed by atoms with van der Waals surface area (Å²) >= 11 is 1.53. The van der Waals surface area contributed by atoms with Crippen molar-refractivity contribution in [3.63, 3.8) is 0 Å². The van der Waals surface area contributed by atoms with Gasteiger partial charge in [0, 0.05) is 39.1 Å². The van der Waals surface area contributed by atoms with Crippen LogP contribution < -0.4 is 5.32 Å². The van der Waals surface area contributed by atoms with Crippen molar-refractivity contribution in [3.05, 3.63) is 117 Å². The molecule has 2 heterocycles. The van der Waals surface area contributed by atoms with E-state index in [0.29, 0.717) is 18.4 Å². The molecule has 0 aliphatic carbocycles. The highest BCUT2D eigenvalue weighted by atomic mass is 32.1. The number of aryl methyl sites for hydroxylation is 2. The largest absolute Gasteiger partial charge is 0.481 e. The van der Waals surface area contributed by atoms with Crippen LogP contribution in [0.1, 0.15) is 38.3 Å². The van der Waals surface area contributed by atoms with Crippen LogP contribution in [-0.4, -0.2) is 16.1 Å². The lowest BCUT2D eigenvalue weighted by Gasteiger charge is -2.15. The molecular weight excluding hydrogens is 533 g/mol. The van der Waals surface area contributed by atoms with Crippen molar-refractivity contribution >= 4 is 33.9 Å². The zero-order valence-corrected chi connectivity index (χ0v) is 22.8. The lowest BCUT2D eigenvalue weighted by atomic mass is 9.95. The number of benzene rings is 3. The normalized spacial score (nSPS) is 11.6. The van der Waals surface area contributed by atoms with Gasteiger partial charge in [0.1, 0.15) is 0 Å². The lowest BCUT2D eigenvalue weighted by Crippen LogP contribution is -2.07. The molecule has 0 saturated carbocycles. The fraction of sp³-hybridized carbons (Fsp3) is 0.188. The van der Waals surface area contributed by atoms with E-state index in [1.54, 1.807) is 12.3 Å². The van der Waals surface area contributed by atoms with Crippen LogP contribution in [0.15, 0.2) is 79.0 Å². The van der Waals surface area contributed by atoms with Gasteiger partial charge in [0.2, 0.25) is 0 Å². The smallest absolute Gasteiger partial charge is 0.418 e. The minimum atomic E-state index is -4.51. The molecule has 40 heavy (non-hydrogen) atoms. The number of para-hydroxylation sites is 1. The Morgan fingerprint density at radius 2 is 1.73 bits per heavy atom. The van der Waals surface area contributed by atoms with Crippen molar-refractivity contribution in [2.45, 2.75) is 39.4 Å². The minimum Gasteiger partial charge on any atom is -0.481 e. The molecule has 0 amide bonds. The van der Waals surface area contributed by atoms with Crippen molar-refractivity contribution in [2.24, 2.45) is 0 Å². The van der Waals surface area contributed by atoms with Crippen molar-refractivity contribution in [2.75, 3.05) is 5.32 Å². The van der Waals surface area contributed by atoms with Gasteiger partial charge < -0.3 is 10.4 Å². The predicted octanol–water partition coefficient (Wildman–Crippen LogP) is 8.43. The van der Waals surface area contributed by atoms with Gasteiger partial charge in [-0.2, -0.15) is 13.2 Å². The number of alkyl halides is 3. The summed E-state index contributed by atoms with van der Waals surface area (Å²) in [5, 5.41) is 13.1. The highest BCUT2D eigenvalue weighted by Crippen LogP contribution is 2.41. The highest BCUT2D eigenvalue weighted by molar-refractivity contribution is 7.15. The van der Waals surface area contributed by atoms with Gasteiger partial charge in [-0.3, -0.25) is 9.78 Å². The second kappa shape index (κ2) is 11.1. The summed E-state index contributed by atoms with van der Waals surface area (Å²) in [7, 11) is 0. The van der Waals surface area contributed by atoms with Gasteiger partial charge in [-0.25, -0.2) is 0 Å². The SMILES string of the molecule is Cc1cc(NCc2ccc(-c3c(Cc4ccccc4)cnc4c(C(F)(F)F)cccc34)s2)c(C)cc1CC(=O)O. The summed E-state index contributed by atoms with van der Waals surface area (Å²) in [4.78, 5) is 17.3. The molecule has 0 spiro atoms. The summed E-state index contributed by atoms with van der Waals surface area (Å²) in [5.41, 5.74) is 5.42. The summed E-state index contributed by atoms with van der Waals surface area (Å²) < 4.78 is 41.5. The quantitative estimate of drug-likeness (QED) is 0.200. The second-order valence-electron chi connectivity index (χ2n) is 9.80. The third-order valence-electron chi connectivity index (χ3n) is 6.90. The Morgan fingerprint density at radius 1 is 0.950 bits per heavy atom. The molecule has 0 fully saturated rings. The number of thiophene rings is 1. The number of carboxylic acid groups (broad SMARTS) is 1. The van der Waals surface area contributed by atoms with Crippen LogP contribution in [0.4, 0.5) is 18.9 Å². The zero-order valence-electron chi connectivity index (χ0n) is 22.0. The van der Waals surface area contributed by atoms with Gasteiger partial charge in [0.05, 0.1) is 17.5 Å². The van der Waals surface area contributed by atoms with E-state index in [9.17, 15) is 18.0 Å². The van der Waals surface area contributed by atoms with Crippen LogP contribution in [0.2, 0.25) is 0 Å². The highest BCUT2D eigenvalue weighted by Gasteiger charge is 2.33. The number of anilines is 1. The molecule has 0 atom stereocenters. The Kier molecular flexibility index (Phi) is 7.63. The number of nitrogens with zero attached hydrogens (tertiary/aromatic N) is 1. The summed E-state index contributed by atoms with van der Waals surface area (Å²) in [6, 6.07) is 21.8. The Labute approximate surface area is 234 Å². The maximum atomic E-state index is 13.8. The molecule has 204 valence electrons. The van der Waals surface area contributed by atoms with Crippen LogP contribution in [0.25, 0.3) is 21.3 Å². The van der Waals surface area contributed by atoms with E-state index in [2.05, 4.69) is 10.3 Å². The third kappa shape index (κ3) is 5.87. The van der Waals surface area contributed by atoms with Crippen LogP contribution >= 0.6 is 11.3 Å². The van der Waals surface area contributed by atoms with E-state index in [-0.39, 0.29) is 11.9 Å². The topological polar surface area (TPSA) is 62.2 Å². The van der Waals surface area contributed by atoms with Crippen molar-refractivity contribution < 1.29 is 23.1 Å². The number of fused-ring (bicyclic) bond motifs is 1. The summed E-state index contributed by atoms with van der Waals surface area (Å²) in [5.74, 6) is -0.869. The molecule has 0 aliphatic heterocycles. The first-order chi connectivity index (χ1) is 19.1. The first-order valence-electron chi connectivity index (χ1n) is 12.8. The number of halogens is 3. The Balaban J connectivity index is 1.50. The molecule has 8 heteroatoms. The molecule has 2 aromatic heterocycles. The first kappa shape index (κ1) is 27.4. The van der Waals surface area contributed by atoms with Gasteiger partial charge in [0.15, 0.2) is 0 Å². The van der Waals surface area contributed by atoms with E-state index in [4.69, 9.17) is 5.11 Å². The predicted molar refractivity (Wildman–Crippen MR) is 154 cm³/mol. The van der Waals surface area contributed by atoms with Gasteiger partial charge >= 0.3 is 12.1 Å². The van der Waals surface area contributed by atoms with E-state index in [1.165, 1.54) is 17.4 Å². The number of hydrogen-bond donors (Lipinski definition) is 2. The molecule has 0 saturated heterocycles. The number of pyridine rings is 1. The molecular formula is C32H27F3N2O2S. The first-order valence-corrected chi connectivity index (χ1v) is 13.6. The molecule has 5 aromatic rings. The van der Waals surface area contributed by atoms with Gasteiger partial charge in [-0.05, 0) is 72.4 Å². The minimum absolute atomic E-state index is 0.0253. The van der Waals surface area contributed by atoms with Crippen LogP contribution in [0.3, 0.4) is 0 Å². The van der Waals surface area contributed by atoms with Crippen molar-refractivity contribution in [1.82, 2.24) is 4.98 Å². The third-order valence-corrected chi connectivity index (χ3v) is 8.01. The Morgan fingerprint density at radius 3 is 2.45 bits per heavy atom. The Bertz CT molecular complexity index is 1690. The molecule has 2 N–H and O–H groups in total. The standard InChI is InChI=1S/C32H27F3N2O2S/c1-19-14-27(20(2)13-22(19)16-29(38)39)36-18-24-11-12-28(40-24)30-23(15-21-7-4-3-5-8-21)17-37-31-25(30)9-6-10-26(31)32(33,34)35/h3-14,17,36H,15-16,18H2,1-2H3,(H,38,39). The van der Waals surface area contributed by atoms with E-state index in [1.807, 2.05) is 68.4 Å². The van der Waals surface area contributed by atoms with Crippen molar-refractivity contribution in [3.8, 4) is 10.4 Å². The fourth-order valence-corrected chi connectivity index (χ4v) is 5.99.